The lowest BCUT2D eigenvalue weighted by atomic mass is 10.1. The molecule has 1 aromatic carbocycles. The lowest BCUT2D eigenvalue weighted by molar-refractivity contribution is -0.137. The molecule has 0 unspecified atom stereocenters. The summed E-state index contributed by atoms with van der Waals surface area (Å²) in [6, 6.07) is 12.1. The molecule has 1 amide bonds. The Morgan fingerprint density at radius 1 is 1.16 bits per heavy atom. The molecule has 5 nitrogen and oxygen atoms in total. The van der Waals surface area contributed by atoms with Gasteiger partial charge < -0.3 is 14.5 Å². The number of hydrogen-bond donors (Lipinski definition) is 0. The number of nitrogens with zero attached hydrogens (tertiary/aromatic N) is 3. The van der Waals surface area contributed by atoms with Gasteiger partial charge in [0.1, 0.15) is 5.75 Å². The van der Waals surface area contributed by atoms with Gasteiger partial charge in [-0.05, 0) is 37.1 Å². The molecule has 2 aliphatic heterocycles. The van der Waals surface area contributed by atoms with Gasteiger partial charge >= 0.3 is 0 Å². The quantitative estimate of drug-likeness (QED) is 0.844. The van der Waals surface area contributed by atoms with Gasteiger partial charge in [-0.15, -0.1) is 0 Å². The molecule has 25 heavy (non-hydrogen) atoms. The van der Waals surface area contributed by atoms with Crippen molar-refractivity contribution in [2.75, 3.05) is 31.1 Å². The van der Waals surface area contributed by atoms with Crippen LogP contribution in [0.3, 0.4) is 0 Å². The first kappa shape index (κ1) is 15.9. The third-order valence-electron chi connectivity index (χ3n) is 4.98. The van der Waals surface area contributed by atoms with Gasteiger partial charge in [-0.2, -0.15) is 0 Å². The second-order valence-corrected chi connectivity index (χ2v) is 6.74. The van der Waals surface area contributed by atoms with Crippen LogP contribution < -0.4 is 9.64 Å². The zero-order valence-electron chi connectivity index (χ0n) is 14.5. The molecule has 0 spiro atoms. The maximum absolute atomic E-state index is 12.9. The lowest BCUT2D eigenvalue weighted by Crippen LogP contribution is -2.43. The van der Waals surface area contributed by atoms with Crippen LogP contribution in [0.4, 0.5) is 5.69 Å². The van der Waals surface area contributed by atoms with Gasteiger partial charge in [0.2, 0.25) is 0 Å². The molecule has 2 aliphatic rings. The molecule has 2 aromatic rings. The molecule has 0 aliphatic carbocycles. The van der Waals surface area contributed by atoms with Crippen LogP contribution in [0.5, 0.6) is 5.75 Å². The summed E-state index contributed by atoms with van der Waals surface area (Å²) in [4.78, 5) is 21.5. The maximum atomic E-state index is 12.9. The van der Waals surface area contributed by atoms with E-state index in [0.717, 1.165) is 49.6 Å². The molecule has 1 saturated heterocycles. The number of carbonyl (C=O) groups excluding carboxylic acids is 1. The molecular weight excluding hydrogens is 314 g/mol. The van der Waals surface area contributed by atoms with Gasteiger partial charge in [0.05, 0.1) is 0 Å². The number of hydrogen-bond acceptors (Lipinski definition) is 4. The standard InChI is InChI=1S/C20H23N3O2/c1-15-13-17(7-8-21-15)22-9-4-10-23(12-11-22)20(24)19-14-16-5-2-3-6-18(16)25-19/h2-3,5-8,13,19H,4,9-12,14H2,1H3/t19-/m0/s1. The predicted molar refractivity (Wildman–Crippen MR) is 96.9 cm³/mol. The molecule has 1 aromatic heterocycles. The number of ether oxygens (including phenoxy) is 1. The molecule has 0 radical (unpaired) electrons. The zero-order chi connectivity index (χ0) is 17.2. The van der Waals surface area contributed by atoms with Gasteiger partial charge in [0.25, 0.3) is 5.91 Å². The number of rotatable bonds is 2. The fourth-order valence-corrected chi connectivity index (χ4v) is 3.65. The number of carbonyl (C=O) groups is 1. The van der Waals surface area contributed by atoms with Crippen molar-refractivity contribution >= 4 is 11.6 Å². The Labute approximate surface area is 148 Å². The fourth-order valence-electron chi connectivity index (χ4n) is 3.65. The van der Waals surface area contributed by atoms with Crippen molar-refractivity contribution in [3.05, 3.63) is 53.9 Å². The molecule has 130 valence electrons. The van der Waals surface area contributed by atoms with Crippen LogP contribution in [0.1, 0.15) is 17.7 Å². The van der Waals surface area contributed by atoms with Crippen LogP contribution in [0.25, 0.3) is 0 Å². The van der Waals surface area contributed by atoms with E-state index in [1.54, 1.807) is 0 Å². The van der Waals surface area contributed by atoms with Crippen molar-refractivity contribution in [3.8, 4) is 5.75 Å². The molecule has 1 fully saturated rings. The Morgan fingerprint density at radius 2 is 2.04 bits per heavy atom. The van der Waals surface area contributed by atoms with Crippen LogP contribution in [-0.2, 0) is 11.2 Å². The number of aromatic nitrogens is 1. The molecule has 0 bridgehead atoms. The summed E-state index contributed by atoms with van der Waals surface area (Å²) in [5, 5.41) is 0. The Balaban J connectivity index is 1.40. The van der Waals surface area contributed by atoms with Gasteiger partial charge in [-0.3, -0.25) is 9.78 Å². The van der Waals surface area contributed by atoms with Crippen molar-refractivity contribution in [1.29, 1.82) is 0 Å². The number of benzene rings is 1. The van der Waals surface area contributed by atoms with Crippen LogP contribution in [0.15, 0.2) is 42.6 Å². The van der Waals surface area contributed by atoms with E-state index < -0.39 is 0 Å². The van der Waals surface area contributed by atoms with Crippen LogP contribution in [0.2, 0.25) is 0 Å². The van der Waals surface area contributed by atoms with E-state index in [0.29, 0.717) is 6.42 Å². The summed E-state index contributed by atoms with van der Waals surface area (Å²) in [6.07, 6.45) is 3.13. The fraction of sp³-hybridized carbons (Fsp3) is 0.400. The van der Waals surface area contributed by atoms with Crippen molar-refractivity contribution in [2.45, 2.75) is 25.9 Å². The number of fused-ring (bicyclic) bond motifs is 1. The average Bonchev–Trinajstić information content (AvgIpc) is 2.90. The van der Waals surface area contributed by atoms with E-state index in [2.05, 4.69) is 16.0 Å². The Morgan fingerprint density at radius 3 is 2.88 bits per heavy atom. The smallest absolute Gasteiger partial charge is 0.264 e. The molecule has 4 rings (SSSR count). The monoisotopic (exact) mass is 337 g/mol. The first-order chi connectivity index (χ1) is 12.2. The Bertz CT molecular complexity index is 752. The molecular formula is C20H23N3O2. The van der Waals surface area contributed by atoms with Crippen LogP contribution in [0, 0.1) is 6.92 Å². The summed E-state index contributed by atoms with van der Waals surface area (Å²) in [7, 11) is 0. The molecule has 3 heterocycles. The molecule has 0 N–H and O–H groups in total. The van der Waals surface area contributed by atoms with Crippen molar-refractivity contribution in [1.82, 2.24) is 9.88 Å². The largest absolute Gasteiger partial charge is 0.480 e. The van der Waals surface area contributed by atoms with Gasteiger partial charge in [-0.25, -0.2) is 0 Å². The second kappa shape index (κ2) is 6.75. The summed E-state index contributed by atoms with van der Waals surface area (Å²) >= 11 is 0. The van der Waals surface area contributed by atoms with E-state index in [1.165, 1.54) is 5.69 Å². The minimum Gasteiger partial charge on any atom is -0.480 e. The third-order valence-corrected chi connectivity index (χ3v) is 4.98. The Hall–Kier alpha value is -2.56. The van der Waals surface area contributed by atoms with E-state index >= 15 is 0 Å². The highest BCUT2D eigenvalue weighted by atomic mass is 16.5. The number of aryl methyl sites for hydroxylation is 1. The van der Waals surface area contributed by atoms with E-state index in [1.807, 2.05) is 48.4 Å². The highest BCUT2D eigenvalue weighted by Gasteiger charge is 2.32. The van der Waals surface area contributed by atoms with Gasteiger partial charge in [-0.1, -0.05) is 18.2 Å². The molecule has 5 heteroatoms. The molecule has 1 atom stereocenters. The first-order valence-electron chi connectivity index (χ1n) is 8.92. The SMILES string of the molecule is Cc1cc(N2CCCN(C(=O)[C@@H]3Cc4ccccc4O3)CC2)ccn1. The van der Waals surface area contributed by atoms with Gasteiger partial charge in [0.15, 0.2) is 6.10 Å². The first-order valence-corrected chi connectivity index (χ1v) is 8.92. The number of amides is 1. The topological polar surface area (TPSA) is 45.7 Å². The third kappa shape index (κ3) is 3.31. The highest BCUT2D eigenvalue weighted by molar-refractivity contribution is 5.82. The highest BCUT2D eigenvalue weighted by Crippen LogP contribution is 2.29. The van der Waals surface area contributed by atoms with E-state index in [4.69, 9.17) is 4.74 Å². The summed E-state index contributed by atoms with van der Waals surface area (Å²) in [5.74, 6) is 0.966. The van der Waals surface area contributed by atoms with Crippen molar-refractivity contribution < 1.29 is 9.53 Å². The number of para-hydroxylation sites is 1. The Kier molecular flexibility index (Phi) is 4.30. The predicted octanol–water partition coefficient (Wildman–Crippen LogP) is 2.43. The van der Waals surface area contributed by atoms with Gasteiger partial charge in [0, 0.05) is 50.2 Å². The van der Waals surface area contributed by atoms with Crippen molar-refractivity contribution in [3.63, 3.8) is 0 Å². The summed E-state index contributed by atoms with van der Waals surface area (Å²) < 4.78 is 5.88. The minimum absolute atomic E-state index is 0.115. The second-order valence-electron chi connectivity index (χ2n) is 6.74. The van der Waals surface area contributed by atoms with Crippen molar-refractivity contribution in [2.24, 2.45) is 0 Å². The average molecular weight is 337 g/mol. The van der Waals surface area contributed by atoms with E-state index in [-0.39, 0.29) is 12.0 Å². The van der Waals surface area contributed by atoms with Crippen LogP contribution in [-0.4, -0.2) is 48.1 Å². The zero-order valence-corrected chi connectivity index (χ0v) is 14.5. The van der Waals surface area contributed by atoms with E-state index in [9.17, 15) is 4.79 Å². The van der Waals surface area contributed by atoms with Crippen LogP contribution >= 0.6 is 0 Å². The summed E-state index contributed by atoms with van der Waals surface area (Å²) in [5.41, 5.74) is 3.34. The number of anilines is 1. The lowest BCUT2D eigenvalue weighted by Gasteiger charge is -2.25. The number of pyridine rings is 1. The normalized spacial score (nSPS) is 20.0. The summed E-state index contributed by atoms with van der Waals surface area (Å²) in [6.45, 7) is 5.33. The molecule has 0 saturated carbocycles. The maximum Gasteiger partial charge on any atom is 0.264 e. The minimum atomic E-state index is -0.368.